The SMILES string of the molecule is CCCNC(=O)NC(=O)C[NH+]1C[C@@H](C)O[C@@H](C)C1. The third-order valence-electron chi connectivity index (χ3n) is 2.82. The summed E-state index contributed by atoms with van der Waals surface area (Å²) in [5, 5.41) is 4.95. The molecule has 1 fully saturated rings. The molecular weight excluding hydrogens is 234 g/mol. The number of imide groups is 1. The number of carbonyl (C=O) groups excluding carboxylic acids is 2. The Morgan fingerprint density at radius 1 is 1.28 bits per heavy atom. The first-order valence-corrected chi connectivity index (χ1v) is 6.58. The second-order valence-corrected chi connectivity index (χ2v) is 4.90. The molecular formula is C12H24N3O3+. The number of hydrogen-bond donors (Lipinski definition) is 3. The van der Waals surface area contributed by atoms with E-state index in [9.17, 15) is 9.59 Å². The van der Waals surface area contributed by atoms with Crippen LogP contribution in [0.5, 0.6) is 0 Å². The van der Waals surface area contributed by atoms with Crippen molar-refractivity contribution in [2.24, 2.45) is 0 Å². The molecule has 6 heteroatoms. The molecule has 3 N–H and O–H groups in total. The summed E-state index contributed by atoms with van der Waals surface area (Å²) in [6.45, 7) is 8.46. The number of ether oxygens (including phenoxy) is 1. The largest absolute Gasteiger partial charge is 0.364 e. The minimum Gasteiger partial charge on any atom is -0.364 e. The first kappa shape index (κ1) is 14.9. The molecule has 1 unspecified atom stereocenters. The van der Waals surface area contributed by atoms with E-state index in [1.165, 1.54) is 0 Å². The van der Waals surface area contributed by atoms with Gasteiger partial charge in [0.25, 0.3) is 5.91 Å². The Balaban J connectivity index is 2.29. The van der Waals surface area contributed by atoms with Gasteiger partial charge in [-0.3, -0.25) is 10.1 Å². The van der Waals surface area contributed by atoms with Crippen molar-refractivity contribution in [3.05, 3.63) is 0 Å². The van der Waals surface area contributed by atoms with Gasteiger partial charge in [0.1, 0.15) is 25.3 Å². The topological polar surface area (TPSA) is 71.9 Å². The van der Waals surface area contributed by atoms with Crippen molar-refractivity contribution in [3.8, 4) is 0 Å². The van der Waals surface area contributed by atoms with E-state index in [4.69, 9.17) is 4.74 Å². The van der Waals surface area contributed by atoms with Gasteiger partial charge in [0.2, 0.25) is 0 Å². The van der Waals surface area contributed by atoms with Crippen LogP contribution in [0.15, 0.2) is 0 Å². The normalized spacial score (nSPS) is 27.6. The predicted molar refractivity (Wildman–Crippen MR) is 67.4 cm³/mol. The highest BCUT2D eigenvalue weighted by Crippen LogP contribution is 1.97. The summed E-state index contributed by atoms with van der Waals surface area (Å²) in [5.41, 5.74) is 0. The molecule has 0 aliphatic carbocycles. The lowest BCUT2D eigenvalue weighted by Crippen LogP contribution is -3.16. The van der Waals surface area contributed by atoms with Gasteiger partial charge < -0.3 is 15.0 Å². The second-order valence-electron chi connectivity index (χ2n) is 4.90. The Kier molecular flexibility index (Phi) is 6.07. The van der Waals surface area contributed by atoms with Crippen LogP contribution in [0.3, 0.4) is 0 Å². The van der Waals surface area contributed by atoms with E-state index in [0.717, 1.165) is 24.4 Å². The lowest BCUT2D eigenvalue weighted by atomic mass is 10.2. The number of quaternary nitrogens is 1. The van der Waals surface area contributed by atoms with Crippen molar-refractivity contribution in [2.75, 3.05) is 26.2 Å². The lowest BCUT2D eigenvalue weighted by molar-refractivity contribution is -0.907. The third-order valence-corrected chi connectivity index (χ3v) is 2.82. The molecule has 1 rings (SSSR count). The zero-order valence-electron chi connectivity index (χ0n) is 11.4. The number of carbonyl (C=O) groups is 2. The zero-order valence-corrected chi connectivity index (χ0v) is 11.4. The Bertz CT molecular complexity index is 286. The van der Waals surface area contributed by atoms with Crippen molar-refractivity contribution in [3.63, 3.8) is 0 Å². The standard InChI is InChI=1S/C12H23N3O3/c1-4-5-13-12(17)14-11(16)8-15-6-9(2)18-10(3)7-15/h9-10H,4-8H2,1-3H3,(H2,13,14,16,17)/p+1/t9-,10+. The summed E-state index contributed by atoms with van der Waals surface area (Å²) in [5.74, 6) is -0.236. The van der Waals surface area contributed by atoms with Crippen LogP contribution in [0.25, 0.3) is 0 Å². The van der Waals surface area contributed by atoms with Gasteiger partial charge in [0, 0.05) is 6.54 Å². The quantitative estimate of drug-likeness (QED) is 0.600. The second kappa shape index (κ2) is 7.33. The summed E-state index contributed by atoms with van der Waals surface area (Å²) in [6, 6.07) is -0.407. The van der Waals surface area contributed by atoms with Gasteiger partial charge in [0.05, 0.1) is 0 Å². The Labute approximate surface area is 108 Å². The van der Waals surface area contributed by atoms with Gasteiger partial charge in [-0.25, -0.2) is 4.79 Å². The fourth-order valence-electron chi connectivity index (χ4n) is 2.21. The predicted octanol–water partition coefficient (Wildman–Crippen LogP) is -1.09. The maximum absolute atomic E-state index is 11.7. The molecule has 1 aliphatic rings. The van der Waals surface area contributed by atoms with E-state index in [0.29, 0.717) is 13.1 Å². The minimum atomic E-state index is -0.407. The van der Waals surface area contributed by atoms with E-state index < -0.39 is 6.03 Å². The lowest BCUT2D eigenvalue weighted by Gasteiger charge is -2.31. The van der Waals surface area contributed by atoms with Crippen LogP contribution in [0.4, 0.5) is 4.79 Å². The van der Waals surface area contributed by atoms with Gasteiger partial charge in [0.15, 0.2) is 6.54 Å². The maximum Gasteiger partial charge on any atom is 0.321 e. The number of urea groups is 1. The van der Waals surface area contributed by atoms with Crippen LogP contribution in [-0.4, -0.2) is 50.3 Å². The summed E-state index contributed by atoms with van der Waals surface area (Å²) in [4.78, 5) is 24.1. The molecule has 18 heavy (non-hydrogen) atoms. The monoisotopic (exact) mass is 258 g/mol. The van der Waals surface area contributed by atoms with Crippen molar-refractivity contribution >= 4 is 11.9 Å². The molecule has 0 bridgehead atoms. The van der Waals surface area contributed by atoms with Crippen molar-refractivity contribution in [2.45, 2.75) is 39.4 Å². The number of nitrogens with one attached hydrogen (secondary N) is 3. The molecule has 0 spiro atoms. The molecule has 0 aromatic rings. The number of rotatable bonds is 4. The molecule has 0 aromatic heterocycles. The molecule has 3 amide bonds. The number of hydrogen-bond acceptors (Lipinski definition) is 3. The Morgan fingerprint density at radius 3 is 2.44 bits per heavy atom. The van der Waals surface area contributed by atoms with Gasteiger partial charge in [-0.15, -0.1) is 0 Å². The van der Waals surface area contributed by atoms with Crippen molar-refractivity contribution < 1.29 is 19.2 Å². The minimum absolute atomic E-state index is 0.158. The molecule has 3 atom stereocenters. The van der Waals surface area contributed by atoms with Crippen LogP contribution in [-0.2, 0) is 9.53 Å². The zero-order chi connectivity index (χ0) is 13.5. The van der Waals surface area contributed by atoms with E-state index in [1.54, 1.807) is 0 Å². The van der Waals surface area contributed by atoms with Gasteiger partial charge in [-0.1, -0.05) is 6.92 Å². The van der Waals surface area contributed by atoms with Crippen LogP contribution in [0, 0.1) is 0 Å². The molecule has 0 radical (unpaired) electrons. The average Bonchev–Trinajstić information content (AvgIpc) is 2.24. The van der Waals surface area contributed by atoms with E-state index in [2.05, 4.69) is 10.6 Å². The highest BCUT2D eigenvalue weighted by molar-refractivity contribution is 5.94. The summed E-state index contributed by atoms with van der Waals surface area (Å²) >= 11 is 0. The van der Waals surface area contributed by atoms with Crippen molar-refractivity contribution in [1.29, 1.82) is 0 Å². The molecule has 6 nitrogen and oxygen atoms in total. The van der Waals surface area contributed by atoms with Crippen molar-refractivity contribution in [1.82, 2.24) is 10.6 Å². The summed E-state index contributed by atoms with van der Waals surface area (Å²) in [7, 11) is 0. The van der Waals surface area contributed by atoms with E-state index in [1.807, 2.05) is 20.8 Å². The first-order chi connectivity index (χ1) is 8.51. The third kappa shape index (κ3) is 5.46. The van der Waals surface area contributed by atoms with E-state index in [-0.39, 0.29) is 18.1 Å². The summed E-state index contributed by atoms with van der Waals surface area (Å²) < 4.78 is 5.60. The highest BCUT2D eigenvalue weighted by atomic mass is 16.5. The molecule has 0 saturated carbocycles. The first-order valence-electron chi connectivity index (χ1n) is 6.58. The number of amides is 3. The number of morpholine rings is 1. The molecule has 104 valence electrons. The Morgan fingerprint density at radius 2 is 1.89 bits per heavy atom. The van der Waals surface area contributed by atoms with Gasteiger partial charge in [-0.05, 0) is 20.3 Å². The van der Waals surface area contributed by atoms with Crippen LogP contribution in [0.2, 0.25) is 0 Å². The smallest absolute Gasteiger partial charge is 0.321 e. The van der Waals surface area contributed by atoms with Gasteiger partial charge >= 0.3 is 6.03 Å². The molecule has 1 heterocycles. The maximum atomic E-state index is 11.7. The highest BCUT2D eigenvalue weighted by Gasteiger charge is 2.27. The molecule has 1 saturated heterocycles. The average molecular weight is 258 g/mol. The fourth-order valence-corrected chi connectivity index (χ4v) is 2.21. The van der Waals surface area contributed by atoms with Crippen LogP contribution in [0.1, 0.15) is 27.2 Å². The van der Waals surface area contributed by atoms with Crippen LogP contribution >= 0.6 is 0 Å². The van der Waals surface area contributed by atoms with Crippen LogP contribution < -0.4 is 15.5 Å². The van der Waals surface area contributed by atoms with E-state index >= 15 is 0 Å². The fraction of sp³-hybridized carbons (Fsp3) is 0.833. The molecule has 1 aliphatic heterocycles. The molecule has 0 aromatic carbocycles. The Hall–Kier alpha value is -1.14. The summed E-state index contributed by atoms with van der Waals surface area (Å²) in [6.07, 6.45) is 1.17. The van der Waals surface area contributed by atoms with Gasteiger partial charge in [-0.2, -0.15) is 0 Å².